The van der Waals surface area contributed by atoms with Gasteiger partial charge < -0.3 is 31.2 Å². The number of carbonyl (C=O) groups is 2. The van der Waals surface area contributed by atoms with Crippen molar-refractivity contribution in [2.45, 2.75) is 16.4 Å². The molecule has 7 rings (SSSR count). The third-order valence-electron chi connectivity index (χ3n) is 9.37. The number of nitrogen functional groups attached to an aromatic ring is 2. The fourth-order valence-electron chi connectivity index (χ4n) is 6.07. The minimum absolute atomic E-state index is 0.0895. The molecule has 0 unspecified atom stereocenters. The molecule has 0 aliphatic heterocycles. The standard InChI is InChI=1S/C45H34N8O12S2/c46-35-24-34(65-45(57)28-11-17-33(18-12-28)64-39(55)21-10-26-6-8-27(25-54)9-7-26)19-20-36(35)51-48-31-13-15-32(16-14-31)50-52-42-37(66(58,59)60)22-29-23-38(67(61,62)63)43(44(56)40(29)41(42)47)53-49-30-4-2-1-3-5-30/h1-24,54,56H,25,46-47H2,(H,58,59,60)(H,61,62,63)/b21-10?,51-48+,52-50+,53-49?. The molecule has 0 aliphatic carbocycles. The molecule has 0 amide bonds. The van der Waals surface area contributed by atoms with E-state index in [1.165, 1.54) is 84.9 Å². The summed E-state index contributed by atoms with van der Waals surface area (Å²) in [5.41, 5.74) is 13.3. The number of phenolic OH excluding ortho intramolecular Hbond substituents is 1. The molecular weight excluding hydrogens is 909 g/mol. The third kappa shape index (κ3) is 11.4. The van der Waals surface area contributed by atoms with Gasteiger partial charge in [-0.15, -0.1) is 15.3 Å². The Kier molecular flexibility index (Phi) is 13.6. The molecule has 7 aromatic carbocycles. The zero-order chi connectivity index (χ0) is 47.9. The number of fused-ring (bicyclic) bond motifs is 1. The summed E-state index contributed by atoms with van der Waals surface area (Å²) in [6.45, 7) is -0.0895. The van der Waals surface area contributed by atoms with Gasteiger partial charge in [-0.3, -0.25) is 9.11 Å². The summed E-state index contributed by atoms with van der Waals surface area (Å²) < 4.78 is 80.4. The van der Waals surface area contributed by atoms with Gasteiger partial charge in [-0.1, -0.05) is 42.5 Å². The smallest absolute Gasteiger partial charge is 0.343 e. The normalized spacial score (nSPS) is 12.2. The number of aliphatic hydroxyl groups is 1. The van der Waals surface area contributed by atoms with Crippen LogP contribution in [0, 0.1) is 0 Å². The first kappa shape index (κ1) is 46.5. The van der Waals surface area contributed by atoms with Crippen molar-refractivity contribution in [3.05, 3.63) is 156 Å². The van der Waals surface area contributed by atoms with Crippen LogP contribution in [-0.4, -0.2) is 48.1 Å². The van der Waals surface area contributed by atoms with E-state index in [0.29, 0.717) is 5.69 Å². The van der Waals surface area contributed by atoms with Crippen LogP contribution in [0.15, 0.2) is 180 Å². The maximum absolute atomic E-state index is 12.8. The molecule has 20 nitrogen and oxygen atoms in total. The molecular formula is C45H34N8O12S2. The van der Waals surface area contributed by atoms with Gasteiger partial charge in [0, 0.05) is 12.1 Å². The van der Waals surface area contributed by atoms with Crippen LogP contribution in [0.25, 0.3) is 16.8 Å². The fraction of sp³-hybridized carbons (Fsp3) is 0.0222. The molecule has 0 atom stereocenters. The quantitative estimate of drug-likeness (QED) is 0.0148. The number of phenols is 1. The molecule has 0 saturated carbocycles. The lowest BCUT2D eigenvalue weighted by Gasteiger charge is -2.14. The number of nitrogens with two attached hydrogens (primary N) is 2. The van der Waals surface area contributed by atoms with Crippen molar-refractivity contribution >= 4 is 94.5 Å². The lowest BCUT2D eigenvalue weighted by molar-refractivity contribution is -0.128. The van der Waals surface area contributed by atoms with Crippen molar-refractivity contribution in [1.29, 1.82) is 0 Å². The Balaban J connectivity index is 1.02. The lowest BCUT2D eigenvalue weighted by Crippen LogP contribution is -2.09. The number of anilines is 2. The Morgan fingerprint density at radius 1 is 0.612 bits per heavy atom. The molecule has 0 heterocycles. The van der Waals surface area contributed by atoms with E-state index in [-0.39, 0.29) is 57.2 Å². The molecule has 338 valence electrons. The lowest BCUT2D eigenvalue weighted by atomic mass is 10.1. The van der Waals surface area contributed by atoms with Crippen molar-refractivity contribution in [1.82, 2.24) is 0 Å². The van der Waals surface area contributed by atoms with Crippen LogP contribution in [0.1, 0.15) is 21.5 Å². The summed E-state index contributed by atoms with van der Waals surface area (Å²) in [5, 5.41) is 43.7. The topological polar surface area (TPSA) is 328 Å². The summed E-state index contributed by atoms with van der Waals surface area (Å²) >= 11 is 0. The van der Waals surface area contributed by atoms with Gasteiger partial charge in [0.05, 0.1) is 46.0 Å². The van der Waals surface area contributed by atoms with Gasteiger partial charge in [0.1, 0.15) is 38.4 Å². The van der Waals surface area contributed by atoms with Crippen molar-refractivity contribution in [2.24, 2.45) is 30.7 Å². The number of benzene rings is 7. The van der Waals surface area contributed by atoms with E-state index < -0.39 is 64.8 Å². The highest BCUT2D eigenvalue weighted by atomic mass is 32.2. The second-order valence-corrected chi connectivity index (χ2v) is 16.8. The molecule has 0 bridgehead atoms. The first-order valence-electron chi connectivity index (χ1n) is 19.3. The first-order chi connectivity index (χ1) is 32.0. The van der Waals surface area contributed by atoms with Crippen LogP contribution in [-0.2, 0) is 31.6 Å². The van der Waals surface area contributed by atoms with Crippen LogP contribution in [0.4, 0.5) is 45.5 Å². The highest BCUT2D eigenvalue weighted by molar-refractivity contribution is 7.86. The van der Waals surface area contributed by atoms with Gasteiger partial charge >= 0.3 is 11.9 Å². The van der Waals surface area contributed by atoms with E-state index >= 15 is 0 Å². The van der Waals surface area contributed by atoms with Crippen LogP contribution < -0.4 is 20.9 Å². The summed E-state index contributed by atoms with van der Waals surface area (Å²) in [6.07, 6.45) is 2.81. The van der Waals surface area contributed by atoms with Gasteiger partial charge in [0.2, 0.25) is 0 Å². The van der Waals surface area contributed by atoms with E-state index in [4.69, 9.17) is 26.0 Å². The Labute approximate surface area is 380 Å². The van der Waals surface area contributed by atoms with Crippen molar-refractivity contribution in [2.75, 3.05) is 11.5 Å². The van der Waals surface area contributed by atoms with E-state index in [0.717, 1.165) is 23.3 Å². The molecule has 0 spiro atoms. The van der Waals surface area contributed by atoms with Gasteiger partial charge in [0.25, 0.3) is 20.2 Å². The van der Waals surface area contributed by atoms with Gasteiger partial charge in [0.15, 0.2) is 5.75 Å². The summed E-state index contributed by atoms with van der Waals surface area (Å²) in [4.78, 5) is 23.3. The summed E-state index contributed by atoms with van der Waals surface area (Å²) in [6, 6.07) is 32.4. The average Bonchev–Trinajstić information content (AvgIpc) is 3.30. The van der Waals surface area contributed by atoms with Crippen LogP contribution in [0.3, 0.4) is 0 Å². The highest BCUT2D eigenvalue weighted by Crippen LogP contribution is 2.48. The summed E-state index contributed by atoms with van der Waals surface area (Å²) in [7, 11) is -10.2. The maximum Gasteiger partial charge on any atom is 0.343 e. The molecule has 67 heavy (non-hydrogen) atoms. The Hall–Kier alpha value is -8.54. The average molecular weight is 943 g/mol. The van der Waals surface area contributed by atoms with Crippen molar-refractivity contribution in [3.8, 4) is 17.2 Å². The summed E-state index contributed by atoms with van der Waals surface area (Å²) in [5.74, 6) is -1.94. The molecule has 0 fully saturated rings. The molecule has 0 radical (unpaired) electrons. The number of hydrogen-bond acceptors (Lipinski definition) is 18. The minimum atomic E-state index is -5.10. The highest BCUT2D eigenvalue weighted by Gasteiger charge is 2.28. The Morgan fingerprint density at radius 3 is 1.75 bits per heavy atom. The number of hydrogen-bond donors (Lipinski definition) is 6. The van der Waals surface area contributed by atoms with Crippen LogP contribution in [0.2, 0.25) is 0 Å². The van der Waals surface area contributed by atoms with Crippen molar-refractivity contribution < 1.29 is 55.2 Å². The van der Waals surface area contributed by atoms with Gasteiger partial charge in [-0.2, -0.15) is 32.2 Å². The number of rotatable bonds is 14. The van der Waals surface area contributed by atoms with E-state index in [9.17, 15) is 40.6 Å². The zero-order valence-electron chi connectivity index (χ0n) is 34.3. The Bertz CT molecular complexity index is 3390. The zero-order valence-corrected chi connectivity index (χ0v) is 35.9. The first-order valence-corrected chi connectivity index (χ1v) is 22.1. The Morgan fingerprint density at radius 2 is 1.16 bits per heavy atom. The largest absolute Gasteiger partial charge is 0.505 e. The van der Waals surface area contributed by atoms with Crippen molar-refractivity contribution in [3.63, 3.8) is 0 Å². The van der Waals surface area contributed by atoms with E-state index in [2.05, 4.69) is 30.7 Å². The molecule has 8 N–H and O–H groups in total. The number of nitrogens with zero attached hydrogens (tertiary/aromatic N) is 6. The number of aliphatic hydroxyl groups excluding tert-OH is 1. The van der Waals surface area contributed by atoms with Gasteiger partial charge in [-0.25, -0.2) is 9.59 Å². The maximum atomic E-state index is 12.8. The van der Waals surface area contributed by atoms with Gasteiger partial charge in [-0.05, 0) is 108 Å². The predicted octanol–water partition coefficient (Wildman–Crippen LogP) is 9.78. The minimum Gasteiger partial charge on any atom is -0.505 e. The van der Waals surface area contributed by atoms with Crippen LogP contribution in [0.5, 0.6) is 17.2 Å². The predicted molar refractivity (Wildman–Crippen MR) is 244 cm³/mol. The number of esters is 2. The molecule has 7 aromatic rings. The number of carbonyl (C=O) groups excluding carboxylic acids is 2. The molecule has 0 aliphatic rings. The van der Waals surface area contributed by atoms with E-state index in [1.807, 2.05) is 0 Å². The second-order valence-electron chi connectivity index (χ2n) is 14.0. The van der Waals surface area contributed by atoms with E-state index in [1.54, 1.807) is 48.5 Å². The second kappa shape index (κ2) is 19.7. The third-order valence-corrected chi connectivity index (χ3v) is 11.1. The number of ether oxygens (including phenoxy) is 2. The number of aromatic hydroxyl groups is 1. The SMILES string of the molecule is Nc1cc(OC(=O)c2ccc(OC(=O)C=Cc3ccc(CO)cc3)cc2)ccc1/N=N/c1ccc(/N=N/c2c(S(=O)(=O)O)cc3cc(S(=O)(=O)O)c(N=Nc4ccccc4)c(O)c3c2N)cc1. The fourth-order valence-corrected chi connectivity index (χ4v) is 7.40. The molecule has 22 heteroatoms. The molecule has 0 aromatic heterocycles. The monoisotopic (exact) mass is 942 g/mol. The molecule has 0 saturated heterocycles. The van der Waals surface area contributed by atoms with Crippen LogP contribution >= 0.6 is 0 Å². The number of azo groups is 3.